The van der Waals surface area contributed by atoms with Crippen LogP contribution in [0.4, 0.5) is 0 Å². The first kappa shape index (κ1) is 17.2. The molecule has 0 amide bonds. The highest BCUT2D eigenvalue weighted by atomic mass is 16.6. The minimum absolute atomic E-state index is 0.304. The van der Waals surface area contributed by atoms with Gasteiger partial charge in [0.05, 0.1) is 7.11 Å². The molecule has 2 rings (SSSR count). The lowest BCUT2D eigenvalue weighted by Gasteiger charge is -2.21. The van der Waals surface area contributed by atoms with E-state index in [1.54, 1.807) is 24.3 Å². The van der Waals surface area contributed by atoms with E-state index in [-0.39, 0.29) is 0 Å². The average molecular weight is 317 g/mol. The molecule has 1 unspecified atom stereocenters. The molecule has 1 aromatic rings. The van der Waals surface area contributed by atoms with Gasteiger partial charge in [0.2, 0.25) is 5.78 Å². The van der Waals surface area contributed by atoms with Gasteiger partial charge < -0.3 is 9.47 Å². The molecule has 0 N–H and O–H groups in total. The average Bonchev–Trinajstić information content (AvgIpc) is 2.98. The number of rotatable bonds is 5. The standard InChI is InChI=1S/C16H20BNO5/c1-18-9-3-4-12(18)15(20)23-14(16(21)22-2)13(19)10-5-7-11(17)8-6-10/h5-8,12,14H,3-4,9,17H2,1-2H3/t12-,14?/m0/s1. The third-order valence-corrected chi connectivity index (χ3v) is 4.02. The van der Waals surface area contributed by atoms with Gasteiger partial charge in [0, 0.05) is 5.56 Å². The van der Waals surface area contributed by atoms with Crippen molar-refractivity contribution in [2.75, 3.05) is 20.7 Å². The molecule has 0 bridgehead atoms. The summed E-state index contributed by atoms with van der Waals surface area (Å²) in [5.41, 5.74) is 1.29. The van der Waals surface area contributed by atoms with E-state index in [4.69, 9.17) is 4.74 Å². The summed E-state index contributed by atoms with van der Waals surface area (Å²) in [6.45, 7) is 0.786. The van der Waals surface area contributed by atoms with Gasteiger partial charge >= 0.3 is 11.9 Å². The molecule has 6 nitrogen and oxygen atoms in total. The van der Waals surface area contributed by atoms with E-state index in [9.17, 15) is 14.4 Å². The minimum Gasteiger partial charge on any atom is -0.466 e. The maximum Gasteiger partial charge on any atom is 0.355 e. The van der Waals surface area contributed by atoms with Crippen LogP contribution in [0.5, 0.6) is 0 Å². The zero-order valence-corrected chi connectivity index (χ0v) is 13.6. The van der Waals surface area contributed by atoms with Crippen LogP contribution >= 0.6 is 0 Å². The number of ether oxygens (including phenoxy) is 2. The molecule has 23 heavy (non-hydrogen) atoms. The molecule has 1 aliphatic rings. The highest BCUT2D eigenvalue weighted by molar-refractivity contribution is 6.32. The van der Waals surface area contributed by atoms with E-state index in [2.05, 4.69) is 4.74 Å². The zero-order chi connectivity index (χ0) is 17.0. The minimum atomic E-state index is -1.57. The van der Waals surface area contributed by atoms with Gasteiger partial charge in [0.15, 0.2) is 0 Å². The van der Waals surface area contributed by atoms with E-state index >= 15 is 0 Å². The molecule has 1 saturated heterocycles. The van der Waals surface area contributed by atoms with Crippen LogP contribution in [0.15, 0.2) is 24.3 Å². The molecular formula is C16H20BNO5. The summed E-state index contributed by atoms with van der Waals surface area (Å²) in [7, 11) is 4.86. The van der Waals surface area contributed by atoms with Crippen LogP contribution in [0.3, 0.4) is 0 Å². The maximum atomic E-state index is 12.5. The number of methoxy groups -OCH3 is 1. The van der Waals surface area contributed by atoms with Crippen molar-refractivity contribution >= 4 is 31.0 Å². The largest absolute Gasteiger partial charge is 0.466 e. The zero-order valence-electron chi connectivity index (χ0n) is 13.6. The Bertz CT molecular complexity index is 601. The van der Waals surface area contributed by atoms with Gasteiger partial charge in [-0.25, -0.2) is 4.79 Å². The van der Waals surface area contributed by atoms with Gasteiger partial charge in [-0.2, -0.15) is 0 Å². The Hall–Kier alpha value is -2.15. The second-order valence-corrected chi connectivity index (χ2v) is 5.71. The molecule has 0 aromatic heterocycles. The normalized spacial score (nSPS) is 19.1. The van der Waals surface area contributed by atoms with Crippen LogP contribution in [0, 0.1) is 0 Å². The molecular weight excluding hydrogens is 297 g/mol. The van der Waals surface area contributed by atoms with Crippen molar-refractivity contribution in [1.82, 2.24) is 4.90 Å². The fourth-order valence-corrected chi connectivity index (χ4v) is 2.59. The Balaban J connectivity index is 2.16. The Labute approximate surface area is 136 Å². The van der Waals surface area contributed by atoms with Gasteiger partial charge in [-0.3, -0.25) is 14.5 Å². The predicted octanol–water partition coefficient (Wildman–Crippen LogP) is -0.693. The number of likely N-dealkylation sites (tertiary alicyclic amines) is 1. The number of ketones is 1. The number of benzene rings is 1. The number of hydrogen-bond acceptors (Lipinski definition) is 6. The first-order valence-electron chi connectivity index (χ1n) is 7.53. The second-order valence-electron chi connectivity index (χ2n) is 5.71. The Kier molecular flexibility index (Phi) is 5.55. The van der Waals surface area contributed by atoms with Gasteiger partial charge in [-0.05, 0) is 26.4 Å². The second kappa shape index (κ2) is 7.41. The molecule has 122 valence electrons. The molecule has 0 radical (unpaired) electrons. The molecule has 1 fully saturated rings. The summed E-state index contributed by atoms with van der Waals surface area (Å²) >= 11 is 0. The Morgan fingerprint density at radius 2 is 1.91 bits per heavy atom. The first-order chi connectivity index (χ1) is 10.9. The summed E-state index contributed by atoms with van der Waals surface area (Å²) in [4.78, 5) is 38.5. The van der Waals surface area contributed by atoms with Gasteiger partial charge in [-0.15, -0.1) is 0 Å². The summed E-state index contributed by atoms with van der Waals surface area (Å²) in [6, 6.07) is 6.29. The van der Waals surface area contributed by atoms with Crippen LogP contribution in [-0.2, 0) is 19.1 Å². The van der Waals surface area contributed by atoms with Crippen LogP contribution in [0.25, 0.3) is 0 Å². The first-order valence-corrected chi connectivity index (χ1v) is 7.53. The highest BCUT2D eigenvalue weighted by Crippen LogP contribution is 2.18. The quantitative estimate of drug-likeness (QED) is 0.310. The Morgan fingerprint density at radius 1 is 1.26 bits per heavy atom. The summed E-state index contributed by atoms with van der Waals surface area (Å²) in [5, 5.41) is 0. The summed E-state index contributed by atoms with van der Waals surface area (Å²) in [5.74, 6) is -2.02. The monoisotopic (exact) mass is 317 g/mol. The van der Waals surface area contributed by atoms with E-state index in [1.807, 2.05) is 19.8 Å². The van der Waals surface area contributed by atoms with Gasteiger partial charge in [0.1, 0.15) is 13.9 Å². The van der Waals surface area contributed by atoms with Crippen LogP contribution in [0.1, 0.15) is 23.2 Å². The van der Waals surface area contributed by atoms with Crippen LogP contribution in [0.2, 0.25) is 0 Å². The molecule has 2 atom stereocenters. The van der Waals surface area contributed by atoms with E-state index in [0.717, 1.165) is 25.5 Å². The smallest absolute Gasteiger partial charge is 0.355 e. The molecule has 0 spiro atoms. The predicted molar refractivity (Wildman–Crippen MR) is 86.5 cm³/mol. The molecule has 1 aromatic carbocycles. The number of esters is 2. The lowest BCUT2D eigenvalue weighted by molar-refractivity contribution is -0.165. The fourth-order valence-electron chi connectivity index (χ4n) is 2.59. The fraction of sp³-hybridized carbons (Fsp3) is 0.438. The lowest BCUT2D eigenvalue weighted by atomic mass is 9.94. The van der Waals surface area contributed by atoms with E-state index in [1.165, 1.54) is 0 Å². The molecule has 1 heterocycles. The summed E-state index contributed by atoms with van der Waals surface area (Å²) < 4.78 is 9.82. The van der Waals surface area contributed by atoms with Gasteiger partial charge in [-0.1, -0.05) is 29.7 Å². The number of Topliss-reactive ketones (excluding diaryl/α,β-unsaturated/α-hetero) is 1. The Morgan fingerprint density at radius 3 is 2.43 bits per heavy atom. The lowest BCUT2D eigenvalue weighted by Crippen LogP contribution is -2.42. The SMILES string of the molecule is Bc1ccc(C(=O)C(OC(=O)[C@@H]2CCCN2C)C(=O)OC)cc1. The van der Waals surface area contributed by atoms with Crippen molar-refractivity contribution in [1.29, 1.82) is 0 Å². The van der Waals surface area contributed by atoms with E-state index in [0.29, 0.717) is 12.0 Å². The third kappa shape index (κ3) is 3.98. The highest BCUT2D eigenvalue weighted by Gasteiger charge is 2.37. The van der Waals surface area contributed by atoms with Crippen molar-refractivity contribution < 1.29 is 23.9 Å². The number of hydrogen-bond donors (Lipinski definition) is 0. The number of nitrogens with zero attached hydrogens (tertiary/aromatic N) is 1. The van der Waals surface area contributed by atoms with Gasteiger partial charge in [0.25, 0.3) is 6.10 Å². The van der Waals surface area contributed by atoms with Crippen molar-refractivity contribution in [3.63, 3.8) is 0 Å². The molecule has 1 aliphatic heterocycles. The van der Waals surface area contributed by atoms with Crippen LogP contribution < -0.4 is 5.46 Å². The summed E-state index contributed by atoms with van der Waals surface area (Å²) in [6.07, 6.45) is -0.0308. The molecule has 7 heteroatoms. The maximum absolute atomic E-state index is 12.5. The topological polar surface area (TPSA) is 72.9 Å². The van der Waals surface area contributed by atoms with Crippen molar-refractivity contribution in [3.05, 3.63) is 29.8 Å². The molecule has 0 aliphatic carbocycles. The van der Waals surface area contributed by atoms with E-state index < -0.39 is 29.9 Å². The number of carbonyl (C=O) groups excluding carboxylic acids is 3. The van der Waals surface area contributed by atoms with Crippen molar-refractivity contribution in [2.24, 2.45) is 0 Å². The molecule has 0 saturated carbocycles. The number of carbonyl (C=O) groups is 3. The van der Waals surface area contributed by atoms with Crippen molar-refractivity contribution in [2.45, 2.75) is 25.0 Å². The number of likely N-dealkylation sites (N-methyl/N-ethyl adjacent to an activating group) is 1. The van der Waals surface area contributed by atoms with Crippen LogP contribution in [-0.4, -0.2) is 63.3 Å². The third-order valence-electron chi connectivity index (χ3n) is 4.02. The van der Waals surface area contributed by atoms with Crippen molar-refractivity contribution in [3.8, 4) is 0 Å².